The lowest BCUT2D eigenvalue weighted by Gasteiger charge is -2.11. The Balaban J connectivity index is 1.56. The second-order valence-corrected chi connectivity index (χ2v) is 5.81. The van der Waals surface area contributed by atoms with Crippen LogP contribution < -0.4 is 20.3 Å². The number of pyridine rings is 1. The topological polar surface area (TPSA) is 69.6 Å². The number of benzene rings is 2. The standard InChI is InChI=1S/C21H20N2O4/c1-26-18-6-2-3-7-19(18)27-17-11-9-16(10-12-17)22-20(24)13-15-23-14-5-4-8-21(23)25/h2-12,14H,13,15H2,1H3,(H,22,24). The molecule has 6 heteroatoms. The normalized spacial score (nSPS) is 10.3. The third kappa shape index (κ3) is 4.98. The van der Waals surface area contributed by atoms with E-state index in [1.165, 1.54) is 10.6 Å². The molecule has 6 nitrogen and oxygen atoms in total. The summed E-state index contributed by atoms with van der Waals surface area (Å²) in [7, 11) is 1.59. The number of aromatic nitrogens is 1. The molecule has 1 N–H and O–H groups in total. The van der Waals surface area contributed by atoms with E-state index in [1.807, 2.05) is 24.3 Å². The van der Waals surface area contributed by atoms with Crippen molar-refractivity contribution >= 4 is 11.6 Å². The van der Waals surface area contributed by atoms with Gasteiger partial charge in [0.05, 0.1) is 7.11 Å². The summed E-state index contributed by atoms with van der Waals surface area (Å²) in [5, 5.41) is 2.81. The summed E-state index contributed by atoms with van der Waals surface area (Å²) < 4.78 is 12.6. The second kappa shape index (κ2) is 8.71. The highest BCUT2D eigenvalue weighted by molar-refractivity contribution is 5.90. The van der Waals surface area contributed by atoms with Gasteiger partial charge in [0.2, 0.25) is 5.91 Å². The second-order valence-electron chi connectivity index (χ2n) is 5.81. The number of rotatable bonds is 7. The maximum Gasteiger partial charge on any atom is 0.250 e. The third-order valence-corrected chi connectivity index (χ3v) is 3.91. The first-order valence-corrected chi connectivity index (χ1v) is 8.52. The zero-order valence-electron chi connectivity index (χ0n) is 14.9. The number of hydrogen-bond donors (Lipinski definition) is 1. The molecule has 1 heterocycles. The van der Waals surface area contributed by atoms with Gasteiger partial charge < -0.3 is 19.4 Å². The molecular formula is C21H20N2O4. The van der Waals surface area contributed by atoms with Crippen molar-refractivity contribution in [3.8, 4) is 17.2 Å². The van der Waals surface area contributed by atoms with Crippen LogP contribution in [0.5, 0.6) is 17.2 Å². The van der Waals surface area contributed by atoms with Gasteiger partial charge in [0, 0.05) is 30.9 Å². The Bertz CT molecular complexity index is 964. The van der Waals surface area contributed by atoms with Gasteiger partial charge in [0.1, 0.15) is 5.75 Å². The number of amides is 1. The van der Waals surface area contributed by atoms with Gasteiger partial charge in [-0.15, -0.1) is 0 Å². The highest BCUT2D eigenvalue weighted by Crippen LogP contribution is 2.31. The lowest BCUT2D eigenvalue weighted by atomic mass is 10.2. The molecule has 3 aromatic rings. The zero-order valence-corrected chi connectivity index (χ0v) is 14.9. The van der Waals surface area contributed by atoms with E-state index in [-0.39, 0.29) is 17.9 Å². The summed E-state index contributed by atoms with van der Waals surface area (Å²) in [4.78, 5) is 23.7. The highest BCUT2D eigenvalue weighted by atomic mass is 16.5. The van der Waals surface area contributed by atoms with Crippen LogP contribution in [0, 0.1) is 0 Å². The summed E-state index contributed by atoms with van der Waals surface area (Å²) >= 11 is 0. The molecule has 0 saturated heterocycles. The van der Waals surface area contributed by atoms with Crippen molar-refractivity contribution < 1.29 is 14.3 Å². The predicted molar refractivity (Wildman–Crippen MR) is 103 cm³/mol. The van der Waals surface area contributed by atoms with Crippen molar-refractivity contribution in [1.82, 2.24) is 4.57 Å². The molecule has 1 amide bonds. The van der Waals surface area contributed by atoms with Gasteiger partial charge in [0.15, 0.2) is 11.5 Å². The van der Waals surface area contributed by atoms with Crippen LogP contribution in [-0.4, -0.2) is 17.6 Å². The molecular weight excluding hydrogens is 344 g/mol. The minimum Gasteiger partial charge on any atom is -0.493 e. The van der Waals surface area contributed by atoms with Crippen LogP contribution >= 0.6 is 0 Å². The van der Waals surface area contributed by atoms with Crippen molar-refractivity contribution in [2.75, 3.05) is 12.4 Å². The summed E-state index contributed by atoms with van der Waals surface area (Å²) in [6.07, 6.45) is 1.88. The number of carbonyl (C=O) groups is 1. The molecule has 0 spiro atoms. The zero-order chi connectivity index (χ0) is 19.1. The summed E-state index contributed by atoms with van der Waals surface area (Å²) in [5.41, 5.74) is 0.538. The van der Waals surface area contributed by atoms with Crippen molar-refractivity contribution in [2.24, 2.45) is 0 Å². The SMILES string of the molecule is COc1ccccc1Oc1ccc(NC(=O)CCn2ccccc2=O)cc1. The Kier molecular flexibility index (Phi) is 5.89. The average Bonchev–Trinajstić information content (AvgIpc) is 2.69. The van der Waals surface area contributed by atoms with Gasteiger partial charge in [-0.2, -0.15) is 0 Å². The molecule has 0 unspecified atom stereocenters. The predicted octanol–water partition coefficient (Wildman–Crippen LogP) is 3.68. The quantitative estimate of drug-likeness (QED) is 0.694. The van der Waals surface area contributed by atoms with E-state index in [0.29, 0.717) is 29.5 Å². The van der Waals surface area contributed by atoms with Crippen LogP contribution in [0.25, 0.3) is 0 Å². The molecule has 27 heavy (non-hydrogen) atoms. The summed E-state index contributed by atoms with van der Waals surface area (Å²) in [6, 6.07) is 19.3. The number of anilines is 1. The van der Waals surface area contributed by atoms with Crippen molar-refractivity contribution in [3.63, 3.8) is 0 Å². The van der Waals surface area contributed by atoms with Crippen molar-refractivity contribution in [3.05, 3.63) is 83.3 Å². The van der Waals surface area contributed by atoms with Gasteiger partial charge in [0.25, 0.3) is 5.56 Å². The molecule has 0 aliphatic carbocycles. The number of hydrogen-bond acceptors (Lipinski definition) is 4. The minimum atomic E-state index is -0.163. The lowest BCUT2D eigenvalue weighted by Crippen LogP contribution is -2.21. The van der Waals surface area contributed by atoms with E-state index >= 15 is 0 Å². The number of aryl methyl sites for hydroxylation is 1. The fraction of sp³-hybridized carbons (Fsp3) is 0.143. The Hall–Kier alpha value is -3.54. The van der Waals surface area contributed by atoms with Gasteiger partial charge in [-0.25, -0.2) is 0 Å². The minimum absolute atomic E-state index is 0.122. The van der Waals surface area contributed by atoms with E-state index in [1.54, 1.807) is 49.7 Å². The molecule has 0 fully saturated rings. The smallest absolute Gasteiger partial charge is 0.250 e. The largest absolute Gasteiger partial charge is 0.493 e. The van der Waals surface area contributed by atoms with Crippen molar-refractivity contribution in [2.45, 2.75) is 13.0 Å². The molecule has 0 aliphatic heterocycles. The molecule has 2 aromatic carbocycles. The molecule has 1 aromatic heterocycles. The van der Waals surface area contributed by atoms with E-state index in [2.05, 4.69) is 5.32 Å². The van der Waals surface area contributed by atoms with Crippen LogP contribution in [0.15, 0.2) is 77.7 Å². The van der Waals surface area contributed by atoms with E-state index in [0.717, 1.165) is 0 Å². The average molecular weight is 364 g/mol. The Labute approximate surface area is 157 Å². The molecule has 138 valence electrons. The Morgan fingerprint density at radius 1 is 0.963 bits per heavy atom. The monoisotopic (exact) mass is 364 g/mol. The number of nitrogens with zero attached hydrogens (tertiary/aromatic N) is 1. The van der Waals surface area contributed by atoms with E-state index < -0.39 is 0 Å². The number of carbonyl (C=O) groups excluding carboxylic acids is 1. The molecule has 0 saturated carbocycles. The first kappa shape index (κ1) is 18.3. The van der Waals surface area contributed by atoms with E-state index in [4.69, 9.17) is 9.47 Å². The Morgan fingerprint density at radius 3 is 2.37 bits per heavy atom. The first-order chi connectivity index (χ1) is 13.2. The number of nitrogens with one attached hydrogen (secondary N) is 1. The highest BCUT2D eigenvalue weighted by Gasteiger charge is 2.06. The third-order valence-electron chi connectivity index (χ3n) is 3.91. The summed E-state index contributed by atoms with van der Waals surface area (Å²) in [5.74, 6) is 1.73. The molecule has 0 aliphatic rings. The number of ether oxygens (including phenoxy) is 2. The number of methoxy groups -OCH3 is 1. The summed E-state index contributed by atoms with van der Waals surface area (Å²) in [6.45, 7) is 0.334. The van der Waals surface area contributed by atoms with Crippen LogP contribution in [0.1, 0.15) is 6.42 Å². The van der Waals surface area contributed by atoms with Crippen LogP contribution in [0.3, 0.4) is 0 Å². The molecule has 0 radical (unpaired) electrons. The fourth-order valence-corrected chi connectivity index (χ4v) is 2.53. The van der Waals surface area contributed by atoms with Gasteiger partial charge in [-0.3, -0.25) is 9.59 Å². The molecule has 0 bridgehead atoms. The Morgan fingerprint density at radius 2 is 1.67 bits per heavy atom. The lowest BCUT2D eigenvalue weighted by molar-refractivity contribution is -0.116. The fourth-order valence-electron chi connectivity index (χ4n) is 2.53. The van der Waals surface area contributed by atoms with Gasteiger partial charge in [-0.05, 0) is 42.5 Å². The van der Waals surface area contributed by atoms with Crippen molar-refractivity contribution in [1.29, 1.82) is 0 Å². The first-order valence-electron chi connectivity index (χ1n) is 8.52. The molecule has 0 atom stereocenters. The molecule has 3 rings (SSSR count). The maximum atomic E-state index is 12.1. The van der Waals surface area contributed by atoms with E-state index in [9.17, 15) is 9.59 Å². The van der Waals surface area contributed by atoms with Gasteiger partial charge in [-0.1, -0.05) is 18.2 Å². The van der Waals surface area contributed by atoms with Crippen LogP contribution in [0.4, 0.5) is 5.69 Å². The maximum absolute atomic E-state index is 12.1. The van der Waals surface area contributed by atoms with Crippen LogP contribution in [0.2, 0.25) is 0 Å². The number of para-hydroxylation sites is 2. The van der Waals surface area contributed by atoms with Gasteiger partial charge >= 0.3 is 0 Å². The van der Waals surface area contributed by atoms with Crippen LogP contribution in [-0.2, 0) is 11.3 Å².